The van der Waals surface area contributed by atoms with Gasteiger partial charge in [0.15, 0.2) is 0 Å². The fourth-order valence-electron chi connectivity index (χ4n) is 1.94. The van der Waals surface area contributed by atoms with Gasteiger partial charge in [-0.1, -0.05) is 11.6 Å². The smallest absolute Gasteiger partial charge is 0.339 e. The van der Waals surface area contributed by atoms with E-state index in [1.807, 2.05) is 0 Å². The lowest BCUT2D eigenvalue weighted by molar-refractivity contribution is -0.117. The van der Waals surface area contributed by atoms with Crippen molar-refractivity contribution in [2.24, 2.45) is 5.14 Å². The summed E-state index contributed by atoms with van der Waals surface area (Å²) in [6, 6.07) is 1.20. The number of sulfonamides is 1. The molecule has 0 aromatic carbocycles. The van der Waals surface area contributed by atoms with Crippen molar-refractivity contribution >= 4 is 39.2 Å². The number of halogens is 1. The molecular weight excluding hydrogens is 310 g/mol. The van der Waals surface area contributed by atoms with Crippen molar-refractivity contribution in [3.05, 3.63) is 23.0 Å². The Morgan fingerprint density at radius 2 is 2.20 bits per heavy atom. The number of nitrogens with zero attached hydrogens (tertiary/aromatic N) is 2. The Morgan fingerprint density at radius 1 is 1.55 bits per heavy atom. The lowest BCUT2D eigenvalue weighted by Crippen LogP contribution is -2.32. The molecule has 0 spiro atoms. The molecule has 0 bridgehead atoms. The molecule has 3 N–H and O–H groups in total. The summed E-state index contributed by atoms with van der Waals surface area (Å²) in [6.07, 6.45) is 0.718. The van der Waals surface area contributed by atoms with Gasteiger partial charge in [-0.25, -0.2) is 23.3 Å². The molecule has 8 nitrogen and oxygen atoms in total. The van der Waals surface area contributed by atoms with Crippen LogP contribution in [0, 0.1) is 0 Å². The summed E-state index contributed by atoms with van der Waals surface area (Å²) in [5.74, 6) is -1.83. The SMILES string of the molecule is NS(=O)(=O)C1CC(=O)N(c2cc(Cl)ncc2C(=O)O)C1. The third kappa shape index (κ3) is 2.74. The average Bonchev–Trinajstić information content (AvgIpc) is 2.70. The molecule has 0 aliphatic carbocycles. The fraction of sp³-hybridized carbons (Fsp3) is 0.300. The standard InChI is InChI=1S/C10H10ClN3O5S/c11-8-2-7(6(3-13-8)10(16)17)14-4-5(1-9(14)15)20(12,18)19/h2-3,5H,1,4H2,(H,16,17)(H2,12,18,19). The zero-order valence-corrected chi connectivity index (χ0v) is 11.6. The Balaban J connectivity index is 2.45. The summed E-state index contributed by atoms with van der Waals surface area (Å²) in [5.41, 5.74) is -0.230. The van der Waals surface area contributed by atoms with Crippen LogP contribution in [0.25, 0.3) is 0 Å². The van der Waals surface area contributed by atoms with Crippen LogP contribution in [0.3, 0.4) is 0 Å². The van der Waals surface area contributed by atoms with Crippen LogP contribution in [0.2, 0.25) is 5.15 Å². The van der Waals surface area contributed by atoms with Gasteiger partial charge in [0.05, 0.1) is 5.69 Å². The number of nitrogens with two attached hydrogens (primary N) is 1. The first-order chi connectivity index (χ1) is 9.20. The molecule has 1 fully saturated rings. The highest BCUT2D eigenvalue weighted by Gasteiger charge is 2.38. The van der Waals surface area contributed by atoms with Gasteiger partial charge < -0.3 is 10.0 Å². The van der Waals surface area contributed by atoms with E-state index in [9.17, 15) is 18.0 Å². The average molecular weight is 320 g/mol. The van der Waals surface area contributed by atoms with Gasteiger partial charge in [-0.05, 0) is 0 Å². The van der Waals surface area contributed by atoms with Crippen LogP contribution in [-0.2, 0) is 14.8 Å². The number of carbonyl (C=O) groups is 2. The number of pyridine rings is 1. The zero-order valence-electron chi connectivity index (χ0n) is 9.98. The van der Waals surface area contributed by atoms with Crippen molar-refractivity contribution < 1.29 is 23.1 Å². The molecule has 1 saturated heterocycles. The maximum absolute atomic E-state index is 11.9. The van der Waals surface area contributed by atoms with Gasteiger partial charge in [-0.2, -0.15) is 0 Å². The number of carboxylic acid groups (broad SMARTS) is 1. The molecule has 1 amide bonds. The van der Waals surface area contributed by atoms with Crippen LogP contribution < -0.4 is 10.0 Å². The van der Waals surface area contributed by atoms with Gasteiger partial charge >= 0.3 is 5.97 Å². The first-order valence-corrected chi connectivity index (χ1v) is 7.39. The number of carboxylic acids is 1. The number of carbonyl (C=O) groups excluding carboxylic acids is 1. The maximum atomic E-state index is 11.9. The van der Waals surface area contributed by atoms with Crippen molar-refractivity contribution in [2.75, 3.05) is 11.4 Å². The second-order valence-electron chi connectivity index (χ2n) is 4.25. The van der Waals surface area contributed by atoms with E-state index in [0.717, 1.165) is 11.1 Å². The minimum atomic E-state index is -3.88. The molecule has 1 aliphatic heterocycles. The number of aromatic nitrogens is 1. The Labute approximate surface area is 119 Å². The van der Waals surface area contributed by atoms with E-state index < -0.39 is 27.1 Å². The zero-order chi connectivity index (χ0) is 15.1. The lowest BCUT2D eigenvalue weighted by Gasteiger charge is -2.18. The van der Waals surface area contributed by atoms with E-state index >= 15 is 0 Å². The van der Waals surface area contributed by atoms with Crippen LogP contribution in [-0.4, -0.2) is 42.2 Å². The minimum Gasteiger partial charge on any atom is -0.478 e. The third-order valence-electron chi connectivity index (χ3n) is 2.92. The minimum absolute atomic E-state index is 0.00291. The number of rotatable bonds is 3. The quantitative estimate of drug-likeness (QED) is 0.743. The van der Waals surface area contributed by atoms with Gasteiger partial charge in [-0.15, -0.1) is 0 Å². The van der Waals surface area contributed by atoms with E-state index in [1.165, 1.54) is 6.07 Å². The molecule has 1 aromatic rings. The van der Waals surface area contributed by atoms with Crippen LogP contribution in [0.4, 0.5) is 5.69 Å². The van der Waals surface area contributed by atoms with Crippen LogP contribution in [0.1, 0.15) is 16.8 Å². The second-order valence-corrected chi connectivity index (χ2v) is 6.48. The van der Waals surface area contributed by atoms with Gasteiger partial charge in [0, 0.05) is 25.2 Å². The topological polar surface area (TPSA) is 131 Å². The van der Waals surface area contributed by atoms with Crippen molar-refractivity contribution in [1.29, 1.82) is 0 Å². The molecular formula is C10H10ClN3O5S. The predicted molar refractivity (Wildman–Crippen MR) is 70.1 cm³/mol. The van der Waals surface area contributed by atoms with Crippen LogP contribution >= 0.6 is 11.6 Å². The summed E-state index contributed by atoms with van der Waals surface area (Å²) in [6.45, 7) is -0.210. The molecule has 2 heterocycles. The predicted octanol–water partition coefficient (Wildman–Crippen LogP) is -0.173. The van der Waals surface area contributed by atoms with Gasteiger partial charge in [-0.3, -0.25) is 4.79 Å². The van der Waals surface area contributed by atoms with Crippen molar-refractivity contribution in [2.45, 2.75) is 11.7 Å². The number of amides is 1. The summed E-state index contributed by atoms with van der Waals surface area (Å²) in [7, 11) is -3.88. The monoisotopic (exact) mass is 319 g/mol. The lowest BCUT2D eigenvalue weighted by atomic mass is 10.2. The van der Waals surface area contributed by atoms with E-state index in [4.69, 9.17) is 21.8 Å². The second kappa shape index (κ2) is 5.00. The summed E-state index contributed by atoms with van der Waals surface area (Å²) >= 11 is 5.69. The van der Waals surface area contributed by atoms with Gasteiger partial charge in [0.2, 0.25) is 15.9 Å². The number of anilines is 1. The molecule has 2 rings (SSSR count). The van der Waals surface area contributed by atoms with Crippen LogP contribution in [0.5, 0.6) is 0 Å². The van der Waals surface area contributed by atoms with E-state index in [1.54, 1.807) is 0 Å². The first kappa shape index (κ1) is 14.7. The molecule has 20 heavy (non-hydrogen) atoms. The van der Waals surface area contributed by atoms with Crippen molar-refractivity contribution in [3.63, 3.8) is 0 Å². The van der Waals surface area contributed by atoms with E-state index in [-0.39, 0.29) is 29.4 Å². The molecule has 1 aliphatic rings. The molecule has 108 valence electrons. The van der Waals surface area contributed by atoms with Gasteiger partial charge in [0.1, 0.15) is 16.0 Å². The Bertz CT molecular complexity index is 690. The summed E-state index contributed by atoms with van der Waals surface area (Å²) in [4.78, 5) is 27.7. The highest BCUT2D eigenvalue weighted by molar-refractivity contribution is 7.89. The van der Waals surface area contributed by atoms with E-state index in [2.05, 4.69) is 4.98 Å². The normalized spacial score (nSPS) is 19.4. The van der Waals surface area contributed by atoms with E-state index in [0.29, 0.717) is 0 Å². The summed E-state index contributed by atoms with van der Waals surface area (Å²) in [5, 5.41) is 13.0. The number of aromatic carboxylic acids is 1. The largest absolute Gasteiger partial charge is 0.478 e. The Hall–Kier alpha value is -1.71. The molecule has 10 heteroatoms. The third-order valence-corrected chi connectivity index (χ3v) is 4.38. The first-order valence-electron chi connectivity index (χ1n) is 5.41. The Kier molecular flexibility index (Phi) is 3.67. The molecule has 1 aromatic heterocycles. The maximum Gasteiger partial charge on any atom is 0.339 e. The molecule has 1 atom stereocenters. The van der Waals surface area contributed by atoms with Crippen molar-refractivity contribution in [1.82, 2.24) is 4.98 Å². The molecule has 1 unspecified atom stereocenters. The number of primary sulfonamides is 1. The van der Waals surface area contributed by atoms with Crippen molar-refractivity contribution in [3.8, 4) is 0 Å². The Morgan fingerprint density at radius 3 is 2.70 bits per heavy atom. The highest BCUT2D eigenvalue weighted by Crippen LogP contribution is 2.29. The molecule has 0 saturated carbocycles. The van der Waals surface area contributed by atoms with Gasteiger partial charge in [0.25, 0.3) is 0 Å². The summed E-state index contributed by atoms with van der Waals surface area (Å²) < 4.78 is 22.6. The highest BCUT2D eigenvalue weighted by atomic mass is 35.5. The number of hydrogen-bond donors (Lipinski definition) is 2. The van der Waals surface area contributed by atoms with Crippen LogP contribution in [0.15, 0.2) is 12.3 Å². The number of hydrogen-bond acceptors (Lipinski definition) is 5. The molecule has 0 radical (unpaired) electrons. The fourth-order valence-corrected chi connectivity index (χ4v) is 2.82.